The van der Waals surface area contributed by atoms with Gasteiger partial charge in [0.2, 0.25) is 0 Å². The molecule has 2 aliphatic rings. The molecule has 2 saturated heterocycles. The number of benzene rings is 1. The van der Waals surface area contributed by atoms with Crippen molar-refractivity contribution in [2.45, 2.75) is 38.8 Å². The Morgan fingerprint density at radius 2 is 2.07 bits per heavy atom. The molecule has 0 radical (unpaired) electrons. The highest BCUT2D eigenvalue weighted by molar-refractivity contribution is 5.85. The molecule has 0 aliphatic carbocycles. The summed E-state index contributed by atoms with van der Waals surface area (Å²) in [6, 6.07) is 8.54. The molecular formula is C20H29Cl2N3O2. The number of nitrogens with one attached hydrogen (secondary N) is 2. The zero-order valence-electron chi connectivity index (χ0n) is 15.7. The summed E-state index contributed by atoms with van der Waals surface area (Å²) in [6.45, 7) is 6.66. The highest BCUT2D eigenvalue weighted by Crippen LogP contribution is 2.26. The highest BCUT2D eigenvalue weighted by Gasteiger charge is 2.31. The van der Waals surface area contributed by atoms with E-state index >= 15 is 0 Å². The molecule has 4 rings (SSSR count). The third kappa shape index (κ3) is 4.96. The molecule has 1 aromatic carbocycles. The Morgan fingerprint density at radius 3 is 2.89 bits per heavy atom. The molecule has 7 heteroatoms. The fourth-order valence-corrected chi connectivity index (χ4v) is 4.31. The average Bonchev–Trinajstić information content (AvgIpc) is 2.63. The molecule has 150 valence electrons. The van der Waals surface area contributed by atoms with Crippen LogP contribution in [0.3, 0.4) is 0 Å². The Bertz CT molecular complexity index is 811. The lowest BCUT2D eigenvalue weighted by molar-refractivity contribution is 0.108. The zero-order chi connectivity index (χ0) is 17.2. The summed E-state index contributed by atoms with van der Waals surface area (Å²) in [7, 11) is 0. The summed E-state index contributed by atoms with van der Waals surface area (Å²) in [4.78, 5) is 17.9. The molecule has 5 nitrogen and oxygen atoms in total. The first-order valence-corrected chi connectivity index (χ1v) is 9.47. The Kier molecular flexibility index (Phi) is 7.98. The second-order valence-electron chi connectivity index (χ2n) is 7.29. The van der Waals surface area contributed by atoms with Gasteiger partial charge in [-0.3, -0.25) is 9.69 Å². The van der Waals surface area contributed by atoms with Crippen LogP contribution >= 0.6 is 24.8 Å². The quantitative estimate of drug-likeness (QED) is 0.806. The smallest absolute Gasteiger partial charge is 0.252 e. The number of fused-ring (bicyclic) bond motifs is 2. The normalized spacial score (nSPS) is 22.4. The van der Waals surface area contributed by atoms with Gasteiger partial charge in [-0.2, -0.15) is 0 Å². The largest absolute Gasteiger partial charge is 0.494 e. The van der Waals surface area contributed by atoms with Gasteiger partial charge in [-0.15, -0.1) is 24.8 Å². The van der Waals surface area contributed by atoms with Crippen molar-refractivity contribution in [1.29, 1.82) is 0 Å². The zero-order valence-corrected chi connectivity index (χ0v) is 17.3. The molecule has 2 aromatic rings. The van der Waals surface area contributed by atoms with Crippen LogP contribution in [0.2, 0.25) is 0 Å². The van der Waals surface area contributed by atoms with E-state index in [1.807, 2.05) is 31.2 Å². The van der Waals surface area contributed by atoms with Gasteiger partial charge in [0.1, 0.15) is 5.75 Å². The summed E-state index contributed by atoms with van der Waals surface area (Å²) in [6.07, 6.45) is 3.76. The summed E-state index contributed by atoms with van der Waals surface area (Å²) in [5.41, 5.74) is 1.75. The average molecular weight is 414 g/mol. The Labute approximate surface area is 172 Å². The maximum absolute atomic E-state index is 12.5. The Morgan fingerprint density at radius 1 is 1.22 bits per heavy atom. The minimum atomic E-state index is 0. The summed E-state index contributed by atoms with van der Waals surface area (Å²) < 4.78 is 5.58. The van der Waals surface area contributed by atoms with Gasteiger partial charge in [-0.05, 0) is 69.5 Å². The predicted molar refractivity (Wildman–Crippen MR) is 115 cm³/mol. The van der Waals surface area contributed by atoms with Crippen LogP contribution in [0, 0.1) is 5.92 Å². The second kappa shape index (κ2) is 9.78. The number of ether oxygens (including phenoxy) is 1. The third-order valence-corrected chi connectivity index (χ3v) is 5.57. The van der Waals surface area contributed by atoms with Gasteiger partial charge in [0, 0.05) is 35.6 Å². The third-order valence-electron chi connectivity index (χ3n) is 5.57. The monoisotopic (exact) mass is 413 g/mol. The molecule has 0 unspecified atom stereocenters. The van der Waals surface area contributed by atoms with Crippen LogP contribution < -0.4 is 15.6 Å². The van der Waals surface area contributed by atoms with Crippen molar-refractivity contribution in [2.75, 3.05) is 26.2 Å². The molecule has 2 N–H and O–H groups in total. The number of aromatic amines is 1. The maximum Gasteiger partial charge on any atom is 0.252 e. The number of aromatic nitrogens is 1. The van der Waals surface area contributed by atoms with Crippen LogP contribution in [0.25, 0.3) is 10.9 Å². The SMILES string of the molecule is CCOc1ccc2[nH]c(=O)c(CN3CC[C@@H]4NCCC[C@@H]4C3)cc2c1.Cl.Cl. The van der Waals surface area contributed by atoms with Crippen molar-refractivity contribution in [3.63, 3.8) is 0 Å². The fraction of sp³-hybridized carbons (Fsp3) is 0.550. The van der Waals surface area contributed by atoms with Gasteiger partial charge < -0.3 is 15.0 Å². The van der Waals surface area contributed by atoms with Gasteiger partial charge in [0.15, 0.2) is 0 Å². The van der Waals surface area contributed by atoms with E-state index in [9.17, 15) is 4.79 Å². The van der Waals surface area contributed by atoms with Crippen molar-refractivity contribution < 1.29 is 4.74 Å². The molecule has 0 saturated carbocycles. The van der Waals surface area contributed by atoms with Crippen LogP contribution in [0.4, 0.5) is 0 Å². The maximum atomic E-state index is 12.5. The van der Waals surface area contributed by atoms with Crippen LogP contribution in [0.5, 0.6) is 5.75 Å². The van der Waals surface area contributed by atoms with Crippen LogP contribution in [-0.2, 0) is 6.54 Å². The minimum absolute atomic E-state index is 0. The minimum Gasteiger partial charge on any atom is -0.494 e. The standard InChI is InChI=1S/C20H27N3O2.2ClH/c1-2-25-17-5-6-19-15(11-17)10-16(20(24)22-19)13-23-9-7-18-14(12-23)4-3-8-21-18;;/h5-6,10-11,14,18,21H,2-4,7-9,12-13H2,1H3,(H,22,24);2*1H/t14-,18+;;/m1../s1. The first-order chi connectivity index (χ1) is 12.2. The van der Waals surface area contributed by atoms with E-state index in [1.54, 1.807) is 0 Å². The van der Waals surface area contributed by atoms with Crippen LogP contribution in [0.15, 0.2) is 29.1 Å². The fourth-order valence-electron chi connectivity index (χ4n) is 4.31. The lowest BCUT2D eigenvalue weighted by Crippen LogP contribution is -2.52. The van der Waals surface area contributed by atoms with Crippen molar-refractivity contribution in [3.05, 3.63) is 40.2 Å². The van der Waals surface area contributed by atoms with Gasteiger partial charge in [0.05, 0.1) is 6.61 Å². The summed E-state index contributed by atoms with van der Waals surface area (Å²) in [5, 5.41) is 4.69. The van der Waals surface area contributed by atoms with Gasteiger partial charge in [0.25, 0.3) is 5.56 Å². The van der Waals surface area contributed by atoms with E-state index in [2.05, 4.69) is 15.2 Å². The van der Waals surface area contributed by atoms with E-state index in [1.165, 1.54) is 19.3 Å². The number of piperidine rings is 2. The number of H-pyrrole nitrogens is 1. The van der Waals surface area contributed by atoms with E-state index < -0.39 is 0 Å². The number of hydrogen-bond acceptors (Lipinski definition) is 4. The first kappa shape index (κ1) is 22.0. The predicted octanol–water partition coefficient (Wildman–Crippen LogP) is 3.34. The van der Waals surface area contributed by atoms with Gasteiger partial charge >= 0.3 is 0 Å². The van der Waals surface area contributed by atoms with Crippen molar-refractivity contribution >= 4 is 35.7 Å². The van der Waals surface area contributed by atoms with Gasteiger partial charge in [-0.1, -0.05) is 0 Å². The summed E-state index contributed by atoms with van der Waals surface area (Å²) in [5.74, 6) is 1.58. The number of pyridine rings is 1. The Hall–Kier alpha value is -1.27. The molecule has 3 heterocycles. The van der Waals surface area contributed by atoms with E-state index in [0.717, 1.165) is 54.3 Å². The summed E-state index contributed by atoms with van der Waals surface area (Å²) >= 11 is 0. The van der Waals surface area contributed by atoms with Crippen LogP contribution in [0.1, 0.15) is 31.7 Å². The van der Waals surface area contributed by atoms with E-state index in [-0.39, 0.29) is 30.4 Å². The molecule has 0 spiro atoms. The van der Waals surface area contributed by atoms with Crippen molar-refractivity contribution in [2.24, 2.45) is 5.92 Å². The second-order valence-corrected chi connectivity index (χ2v) is 7.29. The molecular weight excluding hydrogens is 385 g/mol. The lowest BCUT2D eigenvalue weighted by Gasteiger charge is -2.41. The molecule has 27 heavy (non-hydrogen) atoms. The van der Waals surface area contributed by atoms with Crippen molar-refractivity contribution in [3.8, 4) is 5.75 Å². The topological polar surface area (TPSA) is 57.4 Å². The highest BCUT2D eigenvalue weighted by atomic mass is 35.5. The van der Waals surface area contributed by atoms with Crippen LogP contribution in [-0.4, -0.2) is 42.2 Å². The molecule has 2 aliphatic heterocycles. The van der Waals surface area contributed by atoms with E-state index in [4.69, 9.17) is 4.74 Å². The molecule has 2 atom stereocenters. The molecule has 0 bridgehead atoms. The van der Waals surface area contributed by atoms with E-state index in [0.29, 0.717) is 12.6 Å². The number of likely N-dealkylation sites (tertiary alicyclic amines) is 1. The lowest BCUT2D eigenvalue weighted by atomic mass is 9.85. The molecule has 2 fully saturated rings. The number of nitrogens with zero attached hydrogens (tertiary/aromatic N) is 1. The number of rotatable bonds is 4. The molecule has 1 aromatic heterocycles. The first-order valence-electron chi connectivity index (χ1n) is 9.47. The van der Waals surface area contributed by atoms with Gasteiger partial charge in [-0.25, -0.2) is 0 Å². The molecule has 0 amide bonds. The number of hydrogen-bond donors (Lipinski definition) is 2. The van der Waals surface area contributed by atoms with Crippen molar-refractivity contribution in [1.82, 2.24) is 15.2 Å². The Balaban J connectivity index is 0.00000131. The number of halogens is 2.